The van der Waals surface area contributed by atoms with Crippen molar-refractivity contribution < 1.29 is 14.0 Å². The maximum absolute atomic E-state index is 13.3. The molecule has 23 heavy (non-hydrogen) atoms. The van der Waals surface area contributed by atoms with Crippen molar-refractivity contribution in [2.45, 2.75) is 18.8 Å². The van der Waals surface area contributed by atoms with Gasteiger partial charge in [-0.15, -0.1) is 12.4 Å². The predicted molar refractivity (Wildman–Crippen MR) is 88.2 cm³/mol. The van der Waals surface area contributed by atoms with Gasteiger partial charge < -0.3 is 15.5 Å². The molecule has 2 amide bonds. The van der Waals surface area contributed by atoms with Gasteiger partial charge >= 0.3 is 0 Å². The van der Waals surface area contributed by atoms with E-state index in [1.54, 1.807) is 6.07 Å². The highest BCUT2D eigenvalue weighted by Gasteiger charge is 2.36. The molecule has 1 aromatic rings. The van der Waals surface area contributed by atoms with Crippen LogP contribution in [0.25, 0.3) is 0 Å². The third kappa shape index (κ3) is 3.64. The van der Waals surface area contributed by atoms with E-state index in [0.29, 0.717) is 23.7 Å². The fourth-order valence-corrected chi connectivity index (χ4v) is 3.37. The van der Waals surface area contributed by atoms with Crippen LogP contribution in [0.3, 0.4) is 0 Å². The minimum atomic E-state index is -0.502. The van der Waals surface area contributed by atoms with Crippen molar-refractivity contribution in [2.75, 3.05) is 32.0 Å². The second-order valence-corrected chi connectivity index (χ2v) is 6.03. The van der Waals surface area contributed by atoms with E-state index in [4.69, 9.17) is 0 Å². The molecule has 2 unspecified atom stereocenters. The van der Waals surface area contributed by atoms with E-state index in [9.17, 15) is 14.0 Å². The summed E-state index contributed by atoms with van der Waals surface area (Å²) in [5, 5.41) is 5.78. The largest absolute Gasteiger partial charge is 0.342 e. The van der Waals surface area contributed by atoms with Crippen LogP contribution in [0.1, 0.15) is 24.3 Å². The van der Waals surface area contributed by atoms with E-state index in [-0.39, 0.29) is 30.6 Å². The SMILES string of the molecule is CNCC1CCN(C(=O)C2CC(=O)Nc3cc(F)ccc32)C1.Cl. The molecule has 0 aliphatic carbocycles. The number of anilines is 1. The highest BCUT2D eigenvalue weighted by molar-refractivity contribution is 6.01. The van der Waals surface area contributed by atoms with E-state index >= 15 is 0 Å². The van der Waals surface area contributed by atoms with Gasteiger partial charge in [0.25, 0.3) is 0 Å². The first-order chi connectivity index (χ1) is 10.6. The molecule has 0 radical (unpaired) electrons. The molecule has 0 spiro atoms. The van der Waals surface area contributed by atoms with Crippen LogP contribution in [-0.4, -0.2) is 43.4 Å². The number of halogens is 2. The van der Waals surface area contributed by atoms with Crippen molar-refractivity contribution >= 4 is 29.9 Å². The molecule has 126 valence electrons. The van der Waals surface area contributed by atoms with E-state index in [1.165, 1.54) is 12.1 Å². The van der Waals surface area contributed by atoms with Crippen LogP contribution >= 0.6 is 12.4 Å². The molecular formula is C16H21ClFN3O2. The smallest absolute Gasteiger partial charge is 0.230 e. The third-order valence-electron chi connectivity index (χ3n) is 4.44. The Labute approximate surface area is 141 Å². The minimum absolute atomic E-state index is 0. The van der Waals surface area contributed by atoms with Crippen LogP contribution in [0.15, 0.2) is 18.2 Å². The Bertz CT molecular complexity index is 611. The zero-order chi connectivity index (χ0) is 15.7. The van der Waals surface area contributed by atoms with Crippen LogP contribution in [0.4, 0.5) is 10.1 Å². The molecule has 3 rings (SSSR count). The zero-order valence-corrected chi connectivity index (χ0v) is 13.8. The normalized spacial score (nSPS) is 23.0. The lowest BCUT2D eigenvalue weighted by molar-refractivity contribution is -0.134. The van der Waals surface area contributed by atoms with Gasteiger partial charge in [0.05, 0.1) is 5.92 Å². The Morgan fingerprint density at radius 2 is 2.26 bits per heavy atom. The van der Waals surface area contributed by atoms with Gasteiger partial charge in [-0.2, -0.15) is 0 Å². The van der Waals surface area contributed by atoms with Crippen molar-refractivity contribution in [1.29, 1.82) is 0 Å². The summed E-state index contributed by atoms with van der Waals surface area (Å²) in [6, 6.07) is 4.22. The molecule has 0 saturated carbocycles. The maximum atomic E-state index is 13.3. The maximum Gasteiger partial charge on any atom is 0.230 e. The first-order valence-electron chi connectivity index (χ1n) is 7.61. The van der Waals surface area contributed by atoms with Crippen molar-refractivity contribution in [3.8, 4) is 0 Å². The Hall–Kier alpha value is -1.66. The first-order valence-corrected chi connectivity index (χ1v) is 7.61. The van der Waals surface area contributed by atoms with Crippen molar-refractivity contribution in [3.63, 3.8) is 0 Å². The number of nitrogens with one attached hydrogen (secondary N) is 2. The number of likely N-dealkylation sites (tertiary alicyclic amines) is 1. The fourth-order valence-electron chi connectivity index (χ4n) is 3.37. The zero-order valence-electron chi connectivity index (χ0n) is 13.0. The number of nitrogens with zero attached hydrogens (tertiary/aromatic N) is 1. The lowest BCUT2D eigenvalue weighted by Crippen LogP contribution is -2.38. The quantitative estimate of drug-likeness (QED) is 0.880. The lowest BCUT2D eigenvalue weighted by Gasteiger charge is -2.28. The van der Waals surface area contributed by atoms with Crippen LogP contribution in [0.2, 0.25) is 0 Å². The number of rotatable bonds is 3. The molecule has 2 N–H and O–H groups in total. The molecular weight excluding hydrogens is 321 g/mol. The van der Waals surface area contributed by atoms with Gasteiger partial charge in [-0.3, -0.25) is 9.59 Å². The molecule has 0 aromatic heterocycles. The molecule has 2 heterocycles. The van der Waals surface area contributed by atoms with Gasteiger partial charge in [0.1, 0.15) is 5.82 Å². The molecule has 1 aromatic carbocycles. The number of carbonyl (C=O) groups is 2. The van der Waals surface area contributed by atoms with Gasteiger partial charge in [0.15, 0.2) is 0 Å². The van der Waals surface area contributed by atoms with Crippen molar-refractivity contribution in [2.24, 2.45) is 5.92 Å². The standard InChI is InChI=1S/C16H20FN3O2.ClH/c1-18-8-10-4-5-20(9-10)16(22)13-7-15(21)19-14-6-11(17)2-3-12(13)14;/h2-3,6,10,13,18H,4-5,7-9H2,1H3,(H,19,21);1H. The predicted octanol–water partition coefficient (Wildman–Crippen LogP) is 1.74. The number of benzene rings is 1. The van der Waals surface area contributed by atoms with E-state index in [0.717, 1.165) is 19.5 Å². The molecule has 2 aliphatic rings. The molecule has 2 aliphatic heterocycles. The Morgan fingerprint density at radius 1 is 1.48 bits per heavy atom. The van der Waals surface area contributed by atoms with Gasteiger partial charge in [-0.05, 0) is 43.6 Å². The second kappa shape index (κ2) is 7.27. The van der Waals surface area contributed by atoms with Crippen LogP contribution in [0, 0.1) is 11.7 Å². The minimum Gasteiger partial charge on any atom is -0.342 e. The van der Waals surface area contributed by atoms with Gasteiger partial charge in [-0.1, -0.05) is 6.07 Å². The van der Waals surface area contributed by atoms with Crippen molar-refractivity contribution in [1.82, 2.24) is 10.2 Å². The topological polar surface area (TPSA) is 61.4 Å². The third-order valence-corrected chi connectivity index (χ3v) is 4.44. The average Bonchev–Trinajstić information content (AvgIpc) is 2.94. The summed E-state index contributed by atoms with van der Waals surface area (Å²) in [6.45, 7) is 2.32. The number of amides is 2. The number of hydrogen-bond donors (Lipinski definition) is 2. The van der Waals surface area contributed by atoms with Crippen LogP contribution < -0.4 is 10.6 Å². The summed E-state index contributed by atoms with van der Waals surface area (Å²) in [5.74, 6) is -0.720. The number of hydrogen-bond acceptors (Lipinski definition) is 3. The molecule has 2 atom stereocenters. The molecule has 0 bridgehead atoms. The summed E-state index contributed by atoms with van der Waals surface area (Å²) in [5.41, 5.74) is 1.13. The molecule has 1 saturated heterocycles. The van der Waals surface area contributed by atoms with Gasteiger partial charge in [0.2, 0.25) is 11.8 Å². The van der Waals surface area contributed by atoms with E-state index in [2.05, 4.69) is 10.6 Å². The molecule has 1 fully saturated rings. The molecule has 7 heteroatoms. The summed E-state index contributed by atoms with van der Waals surface area (Å²) in [6.07, 6.45) is 1.10. The fraction of sp³-hybridized carbons (Fsp3) is 0.500. The van der Waals surface area contributed by atoms with Crippen molar-refractivity contribution in [3.05, 3.63) is 29.6 Å². The average molecular weight is 342 g/mol. The summed E-state index contributed by atoms with van der Waals surface area (Å²) >= 11 is 0. The second-order valence-electron chi connectivity index (χ2n) is 6.03. The molecule has 5 nitrogen and oxygen atoms in total. The highest BCUT2D eigenvalue weighted by atomic mass is 35.5. The van der Waals surface area contributed by atoms with Crippen LogP contribution in [0.5, 0.6) is 0 Å². The highest BCUT2D eigenvalue weighted by Crippen LogP contribution is 2.35. The number of fused-ring (bicyclic) bond motifs is 1. The number of carbonyl (C=O) groups excluding carboxylic acids is 2. The summed E-state index contributed by atoms with van der Waals surface area (Å²) in [7, 11) is 1.90. The van der Waals surface area contributed by atoms with Gasteiger partial charge in [-0.25, -0.2) is 4.39 Å². The van der Waals surface area contributed by atoms with E-state index < -0.39 is 11.7 Å². The monoisotopic (exact) mass is 341 g/mol. The van der Waals surface area contributed by atoms with Crippen LogP contribution in [-0.2, 0) is 9.59 Å². The van der Waals surface area contributed by atoms with Gasteiger partial charge in [0, 0.05) is 25.2 Å². The summed E-state index contributed by atoms with van der Waals surface area (Å²) < 4.78 is 13.3. The van der Waals surface area contributed by atoms with E-state index in [1.807, 2.05) is 11.9 Å². The Morgan fingerprint density at radius 3 is 3.00 bits per heavy atom. The summed E-state index contributed by atoms with van der Waals surface area (Å²) in [4.78, 5) is 26.4. The first kappa shape index (κ1) is 17.7. The Balaban J connectivity index is 0.00000192. The lowest BCUT2D eigenvalue weighted by atomic mass is 9.89. The Kier molecular flexibility index (Phi) is 5.59.